The molecule has 3 aromatic rings. The minimum absolute atomic E-state index is 0.504. The molecule has 0 fully saturated rings. The lowest BCUT2D eigenvalue weighted by Gasteiger charge is -2.12. The first-order chi connectivity index (χ1) is 14.3. The summed E-state index contributed by atoms with van der Waals surface area (Å²) in [5.74, 6) is -1.69. The molecule has 2 aromatic carbocycles. The Morgan fingerprint density at radius 2 is 1.73 bits per heavy atom. The first-order valence-corrected chi connectivity index (χ1v) is 10.4. The van der Waals surface area contributed by atoms with Crippen molar-refractivity contribution in [3.63, 3.8) is 0 Å². The van der Waals surface area contributed by atoms with Gasteiger partial charge in [-0.2, -0.15) is 5.10 Å². The zero-order chi connectivity index (χ0) is 21.8. The van der Waals surface area contributed by atoms with E-state index in [1.165, 1.54) is 6.21 Å². The zero-order valence-corrected chi connectivity index (χ0v) is 19.1. The highest BCUT2D eigenvalue weighted by Gasteiger charge is 2.14. The van der Waals surface area contributed by atoms with E-state index in [0.29, 0.717) is 15.7 Å². The van der Waals surface area contributed by atoms with E-state index in [-0.39, 0.29) is 0 Å². The van der Waals surface area contributed by atoms with Crippen LogP contribution in [0.4, 0.5) is 5.69 Å². The van der Waals surface area contributed by atoms with Crippen LogP contribution in [-0.4, -0.2) is 22.6 Å². The monoisotopic (exact) mass is 506 g/mol. The van der Waals surface area contributed by atoms with Crippen LogP contribution in [0.15, 0.2) is 58.1 Å². The highest BCUT2D eigenvalue weighted by molar-refractivity contribution is 9.10. The van der Waals surface area contributed by atoms with Crippen LogP contribution in [0.2, 0.25) is 10.0 Å². The highest BCUT2D eigenvalue weighted by atomic mass is 79.9. The molecule has 0 radical (unpaired) electrons. The Morgan fingerprint density at radius 3 is 2.43 bits per heavy atom. The molecule has 9 heteroatoms. The molecule has 0 aliphatic heterocycles. The van der Waals surface area contributed by atoms with Gasteiger partial charge < -0.3 is 9.88 Å². The van der Waals surface area contributed by atoms with Gasteiger partial charge in [0.25, 0.3) is 0 Å². The van der Waals surface area contributed by atoms with Gasteiger partial charge >= 0.3 is 11.8 Å². The molecule has 0 aliphatic carbocycles. The Balaban J connectivity index is 1.70. The van der Waals surface area contributed by atoms with Crippen molar-refractivity contribution in [1.82, 2.24) is 9.99 Å². The topological polar surface area (TPSA) is 75.5 Å². The maximum Gasteiger partial charge on any atom is 0.329 e. The number of carbonyl (C=O) groups is 2. The average molecular weight is 508 g/mol. The van der Waals surface area contributed by atoms with Crippen molar-refractivity contribution in [2.75, 3.05) is 5.32 Å². The van der Waals surface area contributed by atoms with Gasteiger partial charge in [0, 0.05) is 32.1 Å². The predicted octanol–water partition coefficient (Wildman–Crippen LogP) is 5.25. The lowest BCUT2D eigenvalue weighted by Crippen LogP contribution is -2.32. The van der Waals surface area contributed by atoms with E-state index in [1.807, 2.05) is 24.5 Å². The van der Waals surface area contributed by atoms with Crippen molar-refractivity contribution in [3.8, 4) is 5.69 Å². The summed E-state index contributed by atoms with van der Waals surface area (Å²) in [4.78, 5) is 24.0. The molecule has 1 heterocycles. The Kier molecular flexibility index (Phi) is 6.97. The molecule has 2 amide bonds. The largest absolute Gasteiger partial charge is 0.329 e. The molecule has 0 spiro atoms. The number of nitrogens with one attached hydrogen (secondary N) is 2. The van der Waals surface area contributed by atoms with Crippen LogP contribution < -0.4 is 10.7 Å². The van der Waals surface area contributed by atoms with Crippen LogP contribution in [0.3, 0.4) is 0 Å². The minimum atomic E-state index is -0.874. The maximum atomic E-state index is 12.0. The van der Waals surface area contributed by atoms with Gasteiger partial charge in [-0.05, 0) is 62.4 Å². The number of amides is 2. The van der Waals surface area contributed by atoms with Gasteiger partial charge in [-0.15, -0.1) is 0 Å². The molecule has 30 heavy (non-hydrogen) atoms. The molecular weight excluding hydrogens is 491 g/mol. The standard InChI is InChI=1S/C21H17BrCl2N4O2/c1-12-9-14(13(2)28(12)19-10-16(23)5-8-18(19)24)11-25-27-21(30)20(29)26-17-6-3-15(22)4-7-17/h3-11H,1-2H3,(H,26,29)(H,27,30)/b25-11-. The van der Waals surface area contributed by atoms with E-state index in [0.717, 1.165) is 27.1 Å². The molecule has 2 N–H and O–H groups in total. The summed E-state index contributed by atoms with van der Waals surface area (Å²) in [7, 11) is 0. The van der Waals surface area contributed by atoms with Crippen molar-refractivity contribution < 1.29 is 9.59 Å². The molecule has 0 unspecified atom stereocenters. The molecule has 0 aliphatic rings. The number of hydrogen-bond donors (Lipinski definition) is 2. The van der Waals surface area contributed by atoms with Gasteiger partial charge in [0.05, 0.1) is 16.9 Å². The van der Waals surface area contributed by atoms with Gasteiger partial charge in [0.1, 0.15) is 0 Å². The number of hydrazone groups is 1. The number of anilines is 1. The van der Waals surface area contributed by atoms with E-state index in [9.17, 15) is 9.59 Å². The third kappa shape index (κ3) is 5.11. The van der Waals surface area contributed by atoms with E-state index < -0.39 is 11.8 Å². The van der Waals surface area contributed by atoms with Crippen LogP contribution in [0.1, 0.15) is 17.0 Å². The second kappa shape index (κ2) is 9.47. The fraction of sp³-hybridized carbons (Fsp3) is 0.0952. The Bertz CT molecular complexity index is 1140. The number of nitrogens with zero attached hydrogens (tertiary/aromatic N) is 2. The quantitative estimate of drug-likeness (QED) is 0.287. The van der Waals surface area contributed by atoms with Crippen molar-refractivity contribution >= 4 is 62.8 Å². The summed E-state index contributed by atoms with van der Waals surface area (Å²) in [6.45, 7) is 3.82. The van der Waals surface area contributed by atoms with Gasteiger partial charge in [-0.1, -0.05) is 39.1 Å². The number of aromatic nitrogens is 1. The summed E-state index contributed by atoms with van der Waals surface area (Å²) in [6.07, 6.45) is 1.47. The Labute approximate surface area is 192 Å². The maximum absolute atomic E-state index is 12.0. The van der Waals surface area contributed by atoms with Crippen molar-refractivity contribution in [3.05, 3.63) is 80.0 Å². The molecule has 0 saturated carbocycles. The normalized spacial score (nSPS) is 11.0. The van der Waals surface area contributed by atoms with E-state index >= 15 is 0 Å². The molecule has 154 valence electrons. The van der Waals surface area contributed by atoms with Crippen LogP contribution in [-0.2, 0) is 9.59 Å². The van der Waals surface area contributed by atoms with Gasteiger partial charge in [-0.25, -0.2) is 5.43 Å². The van der Waals surface area contributed by atoms with E-state index in [4.69, 9.17) is 23.2 Å². The fourth-order valence-corrected chi connectivity index (χ4v) is 3.51. The lowest BCUT2D eigenvalue weighted by atomic mass is 10.2. The second-order valence-corrected chi connectivity index (χ2v) is 8.18. The molecule has 1 aromatic heterocycles. The van der Waals surface area contributed by atoms with Crippen molar-refractivity contribution in [2.45, 2.75) is 13.8 Å². The molecule has 0 atom stereocenters. The lowest BCUT2D eigenvalue weighted by molar-refractivity contribution is -0.136. The Morgan fingerprint density at radius 1 is 1.03 bits per heavy atom. The van der Waals surface area contributed by atoms with E-state index in [2.05, 4.69) is 31.8 Å². The summed E-state index contributed by atoms with van der Waals surface area (Å²) < 4.78 is 2.81. The molecule has 3 rings (SSSR count). The summed E-state index contributed by atoms with van der Waals surface area (Å²) in [5.41, 5.74) is 6.01. The van der Waals surface area contributed by atoms with Crippen LogP contribution in [0, 0.1) is 13.8 Å². The molecular formula is C21H17BrCl2N4O2. The van der Waals surface area contributed by atoms with E-state index in [1.54, 1.807) is 42.5 Å². The number of carbonyl (C=O) groups excluding carboxylic acids is 2. The average Bonchev–Trinajstić information content (AvgIpc) is 2.98. The van der Waals surface area contributed by atoms with Crippen molar-refractivity contribution in [1.29, 1.82) is 0 Å². The zero-order valence-electron chi connectivity index (χ0n) is 16.0. The molecule has 0 saturated heterocycles. The summed E-state index contributed by atoms with van der Waals surface area (Å²) >= 11 is 15.7. The number of halogens is 3. The van der Waals surface area contributed by atoms with Gasteiger partial charge in [-0.3, -0.25) is 9.59 Å². The first-order valence-electron chi connectivity index (χ1n) is 8.80. The van der Waals surface area contributed by atoms with Gasteiger partial charge in [0.2, 0.25) is 0 Å². The molecule has 6 nitrogen and oxygen atoms in total. The number of benzene rings is 2. The van der Waals surface area contributed by atoms with Gasteiger partial charge in [0.15, 0.2) is 0 Å². The van der Waals surface area contributed by atoms with Crippen molar-refractivity contribution in [2.24, 2.45) is 5.10 Å². The third-order valence-electron chi connectivity index (χ3n) is 4.30. The van der Waals surface area contributed by atoms with Crippen LogP contribution in [0.5, 0.6) is 0 Å². The predicted molar refractivity (Wildman–Crippen MR) is 124 cm³/mol. The summed E-state index contributed by atoms with van der Waals surface area (Å²) in [5, 5.41) is 7.53. The number of hydrogen-bond acceptors (Lipinski definition) is 3. The molecule has 0 bridgehead atoms. The third-order valence-corrected chi connectivity index (χ3v) is 5.38. The SMILES string of the molecule is Cc1cc(/C=N\NC(=O)C(=O)Nc2ccc(Br)cc2)c(C)n1-c1cc(Cl)ccc1Cl. The number of rotatable bonds is 4. The fourth-order valence-electron chi connectivity index (χ4n) is 2.88. The first kappa shape index (κ1) is 22.1. The highest BCUT2D eigenvalue weighted by Crippen LogP contribution is 2.28. The summed E-state index contributed by atoms with van der Waals surface area (Å²) in [6, 6.07) is 14.0. The smallest absolute Gasteiger partial charge is 0.318 e. The second-order valence-electron chi connectivity index (χ2n) is 6.42. The van der Waals surface area contributed by atoms with Crippen LogP contribution >= 0.6 is 39.1 Å². The Hall–Kier alpha value is -2.61. The van der Waals surface area contributed by atoms with Crippen LogP contribution in [0.25, 0.3) is 5.69 Å². The number of aryl methyl sites for hydroxylation is 1. The minimum Gasteiger partial charge on any atom is -0.318 e.